The van der Waals surface area contributed by atoms with Crippen LogP contribution in [-0.2, 0) is 4.74 Å². The van der Waals surface area contributed by atoms with Crippen molar-refractivity contribution < 1.29 is 14.3 Å². The average Bonchev–Trinajstić information content (AvgIpc) is 3.08. The highest BCUT2D eigenvalue weighted by molar-refractivity contribution is 6.34. The predicted molar refractivity (Wildman–Crippen MR) is 83.6 cm³/mol. The maximum absolute atomic E-state index is 12.6. The van der Waals surface area contributed by atoms with Crippen LogP contribution in [0.4, 0.5) is 5.69 Å². The molecule has 1 fully saturated rings. The number of imide groups is 1. The molecular weight excluding hydrogens is 294 g/mol. The summed E-state index contributed by atoms with van der Waals surface area (Å²) in [6.07, 6.45) is 3.60. The van der Waals surface area contributed by atoms with Gasteiger partial charge in [-0.15, -0.1) is 0 Å². The fraction of sp³-hybridized carbons (Fsp3) is 0.353. The highest BCUT2D eigenvalue weighted by Gasteiger charge is 2.38. The Labute approximate surface area is 133 Å². The Balaban J connectivity index is 1.70. The van der Waals surface area contributed by atoms with Crippen molar-refractivity contribution in [3.05, 3.63) is 47.3 Å². The van der Waals surface area contributed by atoms with Crippen molar-refractivity contribution in [1.82, 2.24) is 9.78 Å². The molecule has 6 heteroatoms. The lowest BCUT2D eigenvalue weighted by Crippen LogP contribution is -2.29. The van der Waals surface area contributed by atoms with Gasteiger partial charge in [0.1, 0.15) is 0 Å². The molecule has 0 saturated carbocycles. The average molecular weight is 311 g/mol. The van der Waals surface area contributed by atoms with E-state index < -0.39 is 0 Å². The number of hydrogen-bond donors (Lipinski definition) is 0. The number of amides is 2. The summed E-state index contributed by atoms with van der Waals surface area (Å²) in [6.45, 7) is 3.26. The van der Waals surface area contributed by atoms with Crippen LogP contribution in [-0.4, -0.2) is 34.8 Å². The summed E-state index contributed by atoms with van der Waals surface area (Å²) in [6, 6.07) is 7.17. The molecule has 0 atom stereocenters. The standard InChI is InChI=1S/C17H17N3O3/c1-11-15(10-19(18-11)12-6-8-23-9-7-12)20-16(21)13-4-2-3-5-14(13)17(20)22/h2-5,10,12H,6-9H2,1H3. The number of anilines is 1. The number of hydrogen-bond acceptors (Lipinski definition) is 4. The lowest BCUT2D eigenvalue weighted by molar-refractivity contribution is 0.0661. The fourth-order valence-electron chi connectivity index (χ4n) is 3.24. The lowest BCUT2D eigenvalue weighted by atomic mass is 10.1. The molecule has 0 unspecified atom stereocenters. The van der Waals surface area contributed by atoms with Gasteiger partial charge in [-0.25, -0.2) is 4.90 Å². The largest absolute Gasteiger partial charge is 0.381 e. The van der Waals surface area contributed by atoms with Crippen molar-refractivity contribution in [2.45, 2.75) is 25.8 Å². The number of rotatable bonds is 2. The van der Waals surface area contributed by atoms with E-state index in [1.54, 1.807) is 24.3 Å². The van der Waals surface area contributed by atoms with Crippen molar-refractivity contribution in [2.75, 3.05) is 18.1 Å². The van der Waals surface area contributed by atoms with Gasteiger partial charge in [0.25, 0.3) is 11.8 Å². The van der Waals surface area contributed by atoms with Crippen LogP contribution in [0.3, 0.4) is 0 Å². The predicted octanol–water partition coefficient (Wildman–Crippen LogP) is 2.34. The second kappa shape index (κ2) is 5.31. The minimum absolute atomic E-state index is 0.256. The summed E-state index contributed by atoms with van der Waals surface area (Å²) in [7, 11) is 0. The summed E-state index contributed by atoms with van der Waals surface area (Å²) < 4.78 is 7.25. The zero-order valence-electron chi connectivity index (χ0n) is 12.9. The SMILES string of the molecule is Cc1nn(C2CCOCC2)cc1N1C(=O)c2ccccc2C1=O. The van der Waals surface area contributed by atoms with E-state index in [1.165, 1.54) is 4.90 Å². The van der Waals surface area contributed by atoms with Crippen LogP contribution in [0.25, 0.3) is 0 Å². The van der Waals surface area contributed by atoms with Gasteiger partial charge in [0.2, 0.25) is 0 Å². The van der Waals surface area contributed by atoms with Crippen molar-refractivity contribution >= 4 is 17.5 Å². The third-order valence-electron chi connectivity index (χ3n) is 4.49. The number of aryl methyl sites for hydroxylation is 1. The van der Waals surface area contributed by atoms with Crippen molar-refractivity contribution in [3.63, 3.8) is 0 Å². The molecule has 0 N–H and O–H groups in total. The number of fused-ring (bicyclic) bond motifs is 1. The fourth-order valence-corrected chi connectivity index (χ4v) is 3.24. The number of benzene rings is 1. The minimum Gasteiger partial charge on any atom is -0.381 e. The second-order valence-electron chi connectivity index (χ2n) is 5.91. The quantitative estimate of drug-likeness (QED) is 0.799. The normalized spacial score (nSPS) is 18.6. The van der Waals surface area contributed by atoms with E-state index in [0.29, 0.717) is 35.7 Å². The summed E-state index contributed by atoms with van der Waals surface area (Å²) in [5.41, 5.74) is 2.17. The van der Waals surface area contributed by atoms with Gasteiger partial charge in [-0.2, -0.15) is 5.10 Å². The van der Waals surface area contributed by atoms with E-state index in [2.05, 4.69) is 5.10 Å². The molecule has 6 nitrogen and oxygen atoms in total. The first-order valence-electron chi connectivity index (χ1n) is 7.78. The molecule has 1 aromatic heterocycles. The molecule has 0 aliphatic carbocycles. The van der Waals surface area contributed by atoms with Gasteiger partial charge in [0.15, 0.2) is 0 Å². The smallest absolute Gasteiger partial charge is 0.266 e. The van der Waals surface area contributed by atoms with Gasteiger partial charge >= 0.3 is 0 Å². The van der Waals surface area contributed by atoms with Gasteiger partial charge in [-0.1, -0.05) is 12.1 Å². The van der Waals surface area contributed by atoms with Crippen LogP contribution >= 0.6 is 0 Å². The molecule has 23 heavy (non-hydrogen) atoms. The van der Waals surface area contributed by atoms with Gasteiger partial charge in [-0.05, 0) is 31.9 Å². The van der Waals surface area contributed by atoms with E-state index in [1.807, 2.05) is 17.8 Å². The van der Waals surface area contributed by atoms with E-state index in [0.717, 1.165) is 12.8 Å². The van der Waals surface area contributed by atoms with Crippen LogP contribution < -0.4 is 4.90 Å². The Morgan fingerprint density at radius 3 is 2.30 bits per heavy atom. The van der Waals surface area contributed by atoms with E-state index in [4.69, 9.17) is 4.74 Å². The summed E-state index contributed by atoms with van der Waals surface area (Å²) in [5, 5.41) is 4.53. The van der Waals surface area contributed by atoms with Gasteiger partial charge in [0.05, 0.1) is 28.6 Å². The highest BCUT2D eigenvalue weighted by Crippen LogP contribution is 2.31. The summed E-state index contributed by atoms with van der Waals surface area (Å²) in [4.78, 5) is 26.4. The van der Waals surface area contributed by atoms with Crippen LogP contribution in [0.1, 0.15) is 45.3 Å². The van der Waals surface area contributed by atoms with Crippen molar-refractivity contribution in [3.8, 4) is 0 Å². The molecule has 0 spiro atoms. The molecular formula is C17H17N3O3. The summed E-state index contributed by atoms with van der Waals surface area (Å²) in [5.74, 6) is -0.555. The number of aromatic nitrogens is 2. The van der Waals surface area contributed by atoms with Gasteiger partial charge in [-0.3, -0.25) is 14.3 Å². The van der Waals surface area contributed by atoms with Crippen molar-refractivity contribution in [1.29, 1.82) is 0 Å². The maximum atomic E-state index is 12.6. The number of nitrogens with zero attached hydrogens (tertiary/aromatic N) is 3. The summed E-state index contributed by atoms with van der Waals surface area (Å²) >= 11 is 0. The number of carbonyl (C=O) groups is 2. The Kier molecular flexibility index (Phi) is 3.27. The van der Waals surface area contributed by atoms with E-state index in [9.17, 15) is 9.59 Å². The Morgan fingerprint density at radius 2 is 1.70 bits per heavy atom. The molecule has 3 heterocycles. The molecule has 4 rings (SSSR count). The molecule has 0 bridgehead atoms. The minimum atomic E-state index is -0.278. The molecule has 2 aliphatic rings. The van der Waals surface area contributed by atoms with Gasteiger partial charge in [0, 0.05) is 19.4 Å². The molecule has 1 aromatic carbocycles. The molecule has 118 valence electrons. The molecule has 1 saturated heterocycles. The molecule has 2 aromatic rings. The van der Waals surface area contributed by atoms with Crippen LogP contribution in [0.2, 0.25) is 0 Å². The monoisotopic (exact) mass is 311 g/mol. The maximum Gasteiger partial charge on any atom is 0.266 e. The highest BCUT2D eigenvalue weighted by atomic mass is 16.5. The van der Waals surface area contributed by atoms with Gasteiger partial charge < -0.3 is 4.74 Å². The zero-order valence-corrected chi connectivity index (χ0v) is 12.9. The second-order valence-corrected chi connectivity index (χ2v) is 5.91. The third-order valence-corrected chi connectivity index (χ3v) is 4.49. The van der Waals surface area contributed by atoms with Crippen LogP contribution in [0.15, 0.2) is 30.5 Å². The van der Waals surface area contributed by atoms with Crippen LogP contribution in [0, 0.1) is 6.92 Å². The molecule has 2 aliphatic heterocycles. The first-order chi connectivity index (χ1) is 11.2. The Bertz CT molecular complexity index is 755. The molecule has 2 amide bonds. The molecule has 0 radical (unpaired) electrons. The van der Waals surface area contributed by atoms with Crippen LogP contribution in [0.5, 0.6) is 0 Å². The number of carbonyl (C=O) groups excluding carboxylic acids is 2. The Hall–Kier alpha value is -2.47. The van der Waals surface area contributed by atoms with E-state index in [-0.39, 0.29) is 17.9 Å². The zero-order chi connectivity index (χ0) is 16.0. The first kappa shape index (κ1) is 14.1. The Morgan fingerprint density at radius 1 is 1.09 bits per heavy atom. The third kappa shape index (κ3) is 2.17. The first-order valence-corrected chi connectivity index (χ1v) is 7.78. The van der Waals surface area contributed by atoms with Crippen molar-refractivity contribution in [2.24, 2.45) is 0 Å². The number of ether oxygens (including phenoxy) is 1. The topological polar surface area (TPSA) is 64.4 Å². The van der Waals surface area contributed by atoms with E-state index >= 15 is 0 Å². The lowest BCUT2D eigenvalue weighted by Gasteiger charge is -2.22.